The van der Waals surface area contributed by atoms with Crippen LogP contribution in [0.5, 0.6) is 5.75 Å². The maximum atomic E-state index is 15.0. The number of halogens is 1. The average Bonchev–Trinajstić information content (AvgIpc) is 3.56. The molecule has 1 amide bonds. The molecule has 5 rings (SSSR count). The minimum atomic E-state index is -1.68. The Bertz CT molecular complexity index is 1390. The molecule has 12 heteroatoms. The largest absolute Gasteiger partial charge is 0.493 e. The maximum Gasteiger partial charge on any atom is 0.250 e. The van der Waals surface area contributed by atoms with E-state index in [1.165, 1.54) is 30.3 Å². The third-order valence-corrected chi connectivity index (χ3v) is 10.9. The highest BCUT2D eigenvalue weighted by Gasteiger charge is 2.57. The van der Waals surface area contributed by atoms with Crippen molar-refractivity contribution in [3.63, 3.8) is 0 Å². The molecule has 272 valence electrons. The van der Waals surface area contributed by atoms with Gasteiger partial charge in [-0.15, -0.1) is 0 Å². The Hall–Kier alpha value is -2.90. The minimum absolute atomic E-state index is 0.0283. The number of ether oxygens (including phenoxy) is 1. The van der Waals surface area contributed by atoms with Gasteiger partial charge >= 0.3 is 0 Å². The Kier molecular flexibility index (Phi) is 12.9. The predicted molar refractivity (Wildman–Crippen MR) is 184 cm³/mol. The van der Waals surface area contributed by atoms with E-state index in [0.717, 1.165) is 50.9 Å². The van der Waals surface area contributed by atoms with Crippen LogP contribution in [0.4, 0.5) is 4.39 Å². The fourth-order valence-corrected chi connectivity index (χ4v) is 7.83. The number of benzene rings is 1. The topological polar surface area (TPSA) is 149 Å². The number of rotatable bonds is 15. The van der Waals surface area contributed by atoms with Crippen LogP contribution in [-0.4, -0.2) is 134 Å². The van der Waals surface area contributed by atoms with Gasteiger partial charge in [-0.1, -0.05) is 31.9 Å². The smallest absolute Gasteiger partial charge is 0.250 e. The molecule has 2 unspecified atom stereocenters. The summed E-state index contributed by atoms with van der Waals surface area (Å²) >= 11 is 0. The number of allylic oxidation sites excluding steroid dienone is 1. The highest BCUT2D eigenvalue weighted by atomic mass is 19.1. The summed E-state index contributed by atoms with van der Waals surface area (Å²) in [5.74, 6) is 2.85. The molecule has 4 heterocycles. The Morgan fingerprint density at radius 1 is 1.12 bits per heavy atom. The second kappa shape index (κ2) is 16.9. The summed E-state index contributed by atoms with van der Waals surface area (Å²) in [5, 5.41) is 48.6. The van der Waals surface area contributed by atoms with Crippen molar-refractivity contribution < 1.29 is 44.0 Å². The molecule has 4 aliphatic rings. The number of β-amino-alcohol motifs (C(OH)–C–C–N with tert-alkyl or cyclic N) is 1. The van der Waals surface area contributed by atoms with Crippen LogP contribution in [0, 0.1) is 23.6 Å². The minimum Gasteiger partial charge on any atom is -0.493 e. The van der Waals surface area contributed by atoms with E-state index >= 15 is 0 Å². The number of likely N-dealkylation sites (tertiary alicyclic amines) is 2. The first kappa shape index (κ1) is 37.4. The van der Waals surface area contributed by atoms with E-state index in [4.69, 9.17) is 14.8 Å². The number of hydrogen-bond acceptors (Lipinski definition) is 9. The van der Waals surface area contributed by atoms with Crippen molar-refractivity contribution in [1.82, 2.24) is 9.80 Å². The molecule has 1 aromatic rings. The molecule has 2 fully saturated rings. The van der Waals surface area contributed by atoms with Crippen molar-refractivity contribution in [2.24, 2.45) is 22.7 Å². The van der Waals surface area contributed by atoms with Crippen molar-refractivity contribution >= 4 is 17.5 Å². The number of hydrogen-bond donors (Lipinski definition) is 5. The third-order valence-electron chi connectivity index (χ3n) is 10.9. The van der Waals surface area contributed by atoms with Gasteiger partial charge < -0.3 is 40.1 Å². The molecular weight excluding hydrogens is 631 g/mol. The van der Waals surface area contributed by atoms with Crippen molar-refractivity contribution in [3.8, 4) is 5.75 Å². The van der Waals surface area contributed by atoms with Crippen LogP contribution in [0.15, 0.2) is 35.0 Å². The van der Waals surface area contributed by atoms with Gasteiger partial charge in [-0.3, -0.25) is 4.79 Å². The summed E-state index contributed by atoms with van der Waals surface area (Å²) in [6.07, 6.45) is 3.54. The average molecular weight is 688 g/mol. The summed E-state index contributed by atoms with van der Waals surface area (Å²) < 4.78 is 22.7. The van der Waals surface area contributed by atoms with E-state index in [9.17, 15) is 29.6 Å². The van der Waals surface area contributed by atoms with E-state index in [-0.39, 0.29) is 24.9 Å². The van der Waals surface area contributed by atoms with E-state index < -0.39 is 36.8 Å². The Morgan fingerprint density at radius 3 is 2.51 bits per heavy atom. The molecule has 0 saturated carbocycles. The number of aliphatic imine (C=N–C) groups is 1. The van der Waals surface area contributed by atoms with Gasteiger partial charge in [-0.05, 0) is 68.9 Å². The lowest BCUT2D eigenvalue weighted by Gasteiger charge is -2.38. The van der Waals surface area contributed by atoms with Crippen LogP contribution in [0.2, 0.25) is 0 Å². The molecule has 0 spiro atoms. The first-order valence-corrected chi connectivity index (χ1v) is 18.1. The molecular formula is C37H56FN4O7+. The maximum absolute atomic E-state index is 15.0. The highest BCUT2D eigenvalue weighted by Crippen LogP contribution is 2.32. The summed E-state index contributed by atoms with van der Waals surface area (Å²) in [4.78, 5) is 22.1. The van der Waals surface area contributed by atoms with Gasteiger partial charge in [-0.2, -0.15) is 0 Å². The van der Waals surface area contributed by atoms with E-state index in [2.05, 4.69) is 31.9 Å². The lowest BCUT2D eigenvalue weighted by molar-refractivity contribution is -0.487. The standard InChI is InChI=1S/C37H56FN4O7/c1-4-6-28-24(3)15-23(2)18-39-37(28)40-12-10-25(11-13-40)7-5-14-49-27-9-8-26(29(38)17-27)16-34(46)41-19-30-31(20-41)42(30)21-32(44)35(47)36(48)33(45)22-43/h8-9,17-18,24-25,28,30,32-33,35-36,43-45,47-48H,4-7,10-16,19-22H2,1-3H3/q+1/t24-,28?,30?,32-,33+,35+,36+/m0/s1. The van der Waals surface area contributed by atoms with E-state index in [1.807, 2.05) is 4.58 Å². The lowest BCUT2D eigenvalue weighted by atomic mass is 9.84. The van der Waals surface area contributed by atoms with Crippen LogP contribution < -0.4 is 4.74 Å². The van der Waals surface area contributed by atoms with Gasteiger partial charge in [0.25, 0.3) is 6.04 Å². The zero-order valence-corrected chi connectivity index (χ0v) is 29.3. The molecule has 11 nitrogen and oxygen atoms in total. The number of nitrogens with zero attached hydrogens (tertiary/aromatic N) is 4. The number of aliphatic hydroxyl groups excluding tert-OH is 5. The zero-order chi connectivity index (χ0) is 35.2. The molecule has 5 N–H and O–H groups in total. The summed E-state index contributed by atoms with van der Waals surface area (Å²) in [6.45, 7) is 9.45. The second-order valence-electron chi connectivity index (χ2n) is 14.6. The fourth-order valence-electron chi connectivity index (χ4n) is 7.83. The van der Waals surface area contributed by atoms with Crippen LogP contribution in [0.3, 0.4) is 0 Å². The van der Waals surface area contributed by atoms with Crippen LogP contribution >= 0.6 is 0 Å². The SMILES string of the molecule is CCCC1C(N2CCC(CCCOc3ccc(CC(=O)N4CC5=[N+](C[C@H](O)[C@@H](O)[C@H](O)[C@H](O)CO)C5C4)c(F)c3)CC2)=NC=C(C)C[C@@H]1C. The van der Waals surface area contributed by atoms with Crippen LogP contribution in [-0.2, 0) is 11.2 Å². The summed E-state index contributed by atoms with van der Waals surface area (Å²) in [5.41, 5.74) is 2.59. The molecule has 2 saturated heterocycles. The van der Waals surface area contributed by atoms with Gasteiger partial charge in [0.05, 0.1) is 26.2 Å². The van der Waals surface area contributed by atoms with Gasteiger partial charge in [-0.25, -0.2) is 14.0 Å². The van der Waals surface area contributed by atoms with Crippen molar-refractivity contribution in [2.45, 2.75) is 103 Å². The summed E-state index contributed by atoms with van der Waals surface area (Å²) in [7, 11) is 0. The third kappa shape index (κ3) is 9.26. The fraction of sp³-hybridized carbons (Fsp3) is 0.703. The molecule has 1 aromatic carbocycles. The first-order chi connectivity index (χ1) is 23.5. The molecule has 0 radical (unpaired) electrons. The number of fused-ring (bicyclic) bond motifs is 1. The molecule has 0 bridgehead atoms. The number of carbonyl (C=O) groups is 1. The Morgan fingerprint density at radius 2 is 1.86 bits per heavy atom. The number of aliphatic hydroxyl groups is 5. The zero-order valence-electron chi connectivity index (χ0n) is 29.3. The monoisotopic (exact) mass is 687 g/mol. The highest BCUT2D eigenvalue weighted by molar-refractivity contribution is 5.99. The van der Waals surface area contributed by atoms with Crippen molar-refractivity contribution in [3.05, 3.63) is 41.4 Å². The lowest BCUT2D eigenvalue weighted by Crippen LogP contribution is -2.48. The quantitative estimate of drug-likeness (QED) is 0.139. The van der Waals surface area contributed by atoms with Crippen LogP contribution in [0.1, 0.15) is 71.3 Å². The Labute approximate surface area is 289 Å². The molecule has 4 aliphatic heterocycles. The normalized spacial score (nSPS) is 25.3. The van der Waals surface area contributed by atoms with Gasteiger partial charge in [0.15, 0.2) is 6.54 Å². The molecule has 0 aliphatic carbocycles. The van der Waals surface area contributed by atoms with Gasteiger partial charge in [0, 0.05) is 31.3 Å². The van der Waals surface area contributed by atoms with Crippen molar-refractivity contribution in [2.75, 3.05) is 45.9 Å². The Balaban J connectivity index is 1.01. The van der Waals surface area contributed by atoms with E-state index in [0.29, 0.717) is 48.8 Å². The van der Waals surface area contributed by atoms with Crippen LogP contribution in [0.25, 0.3) is 0 Å². The predicted octanol–water partition coefficient (Wildman–Crippen LogP) is 2.11. The first-order valence-electron chi connectivity index (χ1n) is 18.1. The van der Waals surface area contributed by atoms with Crippen molar-refractivity contribution in [1.29, 1.82) is 0 Å². The van der Waals surface area contributed by atoms with Gasteiger partial charge in [0.1, 0.15) is 48.4 Å². The molecule has 7 atom stereocenters. The number of amidine groups is 1. The number of piperidine rings is 1. The number of carbonyl (C=O) groups excluding carboxylic acids is 1. The molecule has 0 aromatic heterocycles. The number of amides is 1. The van der Waals surface area contributed by atoms with E-state index in [1.54, 1.807) is 17.0 Å². The van der Waals surface area contributed by atoms with Gasteiger partial charge in [0.2, 0.25) is 11.6 Å². The summed E-state index contributed by atoms with van der Waals surface area (Å²) in [6, 6.07) is 4.61. The second-order valence-corrected chi connectivity index (χ2v) is 14.6. The molecule has 49 heavy (non-hydrogen) atoms.